The number of carbonyl (C=O) groups is 1. The zero-order valence-corrected chi connectivity index (χ0v) is 13.2. The summed E-state index contributed by atoms with van der Waals surface area (Å²) in [6.45, 7) is 5.02. The Morgan fingerprint density at radius 1 is 1.37 bits per heavy atom. The van der Waals surface area contributed by atoms with Crippen LogP contribution in [0.5, 0.6) is 0 Å². The Balaban J connectivity index is 3.15. The van der Waals surface area contributed by atoms with Crippen LogP contribution < -0.4 is 5.32 Å². The summed E-state index contributed by atoms with van der Waals surface area (Å²) in [4.78, 5) is 15.3. The number of rotatable bonds is 1. The number of anilines is 1. The predicted octanol–water partition coefficient (Wildman–Crippen LogP) is 4.34. The molecule has 0 radical (unpaired) electrons. The van der Waals surface area contributed by atoms with E-state index in [1.807, 2.05) is 0 Å². The first-order valence-corrected chi connectivity index (χ1v) is 6.63. The molecule has 0 unspecified atom stereocenters. The van der Waals surface area contributed by atoms with E-state index in [1.165, 1.54) is 22.6 Å². The predicted molar refractivity (Wildman–Crippen MR) is 75.1 cm³/mol. The lowest BCUT2D eigenvalue weighted by molar-refractivity contribution is -0.138. The number of carbonyl (C=O) groups excluding carboxylic acids is 1. The van der Waals surface area contributed by atoms with Crippen molar-refractivity contribution >= 4 is 45.9 Å². The van der Waals surface area contributed by atoms with Crippen molar-refractivity contribution in [3.05, 3.63) is 20.4 Å². The number of nitrogens with zero attached hydrogens (tertiary/aromatic N) is 1. The SMILES string of the molecule is CC(C)(C)C(=O)Nc1ncc(C(F)(F)F)c(I)c1Cl. The maximum Gasteiger partial charge on any atom is 0.418 e. The van der Waals surface area contributed by atoms with Gasteiger partial charge in [0.1, 0.15) is 0 Å². The van der Waals surface area contributed by atoms with E-state index in [2.05, 4.69) is 10.3 Å². The minimum Gasteiger partial charge on any atom is -0.309 e. The van der Waals surface area contributed by atoms with Crippen molar-refractivity contribution in [2.24, 2.45) is 5.41 Å². The van der Waals surface area contributed by atoms with Crippen LogP contribution in [0.15, 0.2) is 6.20 Å². The van der Waals surface area contributed by atoms with Gasteiger partial charge in [0.15, 0.2) is 5.82 Å². The van der Waals surface area contributed by atoms with Crippen molar-refractivity contribution in [3.63, 3.8) is 0 Å². The van der Waals surface area contributed by atoms with Crippen LogP contribution >= 0.6 is 34.2 Å². The van der Waals surface area contributed by atoms with E-state index in [1.54, 1.807) is 20.8 Å². The van der Waals surface area contributed by atoms with E-state index in [4.69, 9.17) is 11.6 Å². The molecule has 3 nitrogen and oxygen atoms in total. The first kappa shape index (κ1) is 16.5. The highest BCUT2D eigenvalue weighted by Gasteiger charge is 2.35. The van der Waals surface area contributed by atoms with E-state index in [-0.39, 0.29) is 20.3 Å². The maximum atomic E-state index is 12.6. The first-order valence-electron chi connectivity index (χ1n) is 5.17. The van der Waals surface area contributed by atoms with Gasteiger partial charge in [0, 0.05) is 15.2 Å². The van der Waals surface area contributed by atoms with Crippen LogP contribution in [-0.4, -0.2) is 10.9 Å². The summed E-state index contributed by atoms with van der Waals surface area (Å²) in [5.41, 5.74) is -1.62. The Morgan fingerprint density at radius 3 is 2.32 bits per heavy atom. The smallest absolute Gasteiger partial charge is 0.309 e. The number of hydrogen-bond donors (Lipinski definition) is 1. The van der Waals surface area contributed by atoms with E-state index in [0.29, 0.717) is 6.20 Å². The minimum absolute atomic E-state index is 0.0704. The second-order valence-electron chi connectivity index (χ2n) is 4.85. The van der Waals surface area contributed by atoms with E-state index < -0.39 is 17.2 Å². The van der Waals surface area contributed by atoms with Crippen molar-refractivity contribution in [2.75, 3.05) is 5.32 Å². The largest absolute Gasteiger partial charge is 0.418 e. The van der Waals surface area contributed by atoms with Crippen molar-refractivity contribution in [1.29, 1.82) is 0 Å². The van der Waals surface area contributed by atoms with Gasteiger partial charge in [0.05, 0.1) is 10.6 Å². The van der Waals surface area contributed by atoms with E-state index in [9.17, 15) is 18.0 Å². The van der Waals surface area contributed by atoms with Gasteiger partial charge in [-0.05, 0) is 22.6 Å². The highest BCUT2D eigenvalue weighted by Crippen LogP contribution is 2.37. The summed E-state index contributed by atoms with van der Waals surface area (Å²) in [7, 11) is 0. The third-order valence-corrected chi connectivity index (χ3v) is 3.99. The van der Waals surface area contributed by atoms with Gasteiger partial charge in [0.2, 0.25) is 5.91 Å². The van der Waals surface area contributed by atoms with Gasteiger partial charge in [-0.15, -0.1) is 0 Å². The summed E-state index contributed by atoms with van der Waals surface area (Å²) in [6.07, 6.45) is -3.87. The number of nitrogens with one attached hydrogen (secondary N) is 1. The van der Waals surface area contributed by atoms with Crippen LogP contribution in [0, 0.1) is 8.99 Å². The lowest BCUT2D eigenvalue weighted by atomic mass is 9.96. The standard InChI is InChI=1S/C11H11ClF3IN2O/c1-10(2,3)9(19)18-8-6(12)7(16)5(4-17-8)11(13,14)15/h4H,1-3H3,(H,17,18,19). The molecular formula is C11H11ClF3IN2O. The molecule has 1 N–H and O–H groups in total. The summed E-state index contributed by atoms with van der Waals surface area (Å²) in [5.74, 6) is -0.448. The van der Waals surface area contributed by atoms with E-state index in [0.717, 1.165) is 0 Å². The Hall–Kier alpha value is -0.570. The van der Waals surface area contributed by atoms with Gasteiger partial charge in [-0.1, -0.05) is 32.4 Å². The van der Waals surface area contributed by atoms with Crippen molar-refractivity contribution in [3.8, 4) is 0 Å². The molecule has 8 heteroatoms. The molecule has 1 aromatic rings. The Bertz CT molecular complexity index is 512. The molecule has 0 saturated heterocycles. The molecular weight excluding hydrogens is 395 g/mol. The Morgan fingerprint density at radius 2 is 1.89 bits per heavy atom. The molecule has 0 spiro atoms. The number of amides is 1. The van der Waals surface area contributed by atoms with Crippen molar-refractivity contribution in [1.82, 2.24) is 4.98 Å². The molecule has 106 valence electrons. The number of aromatic nitrogens is 1. The van der Waals surface area contributed by atoms with Crippen molar-refractivity contribution < 1.29 is 18.0 Å². The molecule has 1 rings (SSSR count). The molecule has 1 aromatic heterocycles. The van der Waals surface area contributed by atoms with E-state index >= 15 is 0 Å². The average Bonchev–Trinajstić information content (AvgIpc) is 2.21. The maximum absolute atomic E-state index is 12.6. The molecule has 0 aliphatic rings. The zero-order chi connectivity index (χ0) is 15.0. The van der Waals surface area contributed by atoms with Gasteiger partial charge in [-0.3, -0.25) is 4.79 Å². The van der Waals surface area contributed by atoms with Crippen LogP contribution in [0.2, 0.25) is 5.02 Å². The molecule has 0 aliphatic carbocycles. The number of hydrogen-bond acceptors (Lipinski definition) is 2. The van der Waals surface area contributed by atoms with Crippen LogP contribution in [0.4, 0.5) is 19.0 Å². The lowest BCUT2D eigenvalue weighted by Gasteiger charge is -2.18. The number of alkyl halides is 3. The molecule has 0 saturated carbocycles. The normalized spacial score (nSPS) is 12.4. The molecule has 0 fully saturated rings. The fourth-order valence-corrected chi connectivity index (χ4v) is 1.94. The summed E-state index contributed by atoms with van der Waals surface area (Å²) in [6, 6.07) is 0. The van der Waals surface area contributed by atoms with Crippen LogP contribution in [0.3, 0.4) is 0 Å². The molecule has 1 amide bonds. The van der Waals surface area contributed by atoms with Gasteiger partial charge in [-0.25, -0.2) is 4.98 Å². The minimum atomic E-state index is -4.53. The molecule has 0 bridgehead atoms. The van der Waals surface area contributed by atoms with Crippen molar-refractivity contribution in [2.45, 2.75) is 26.9 Å². The highest BCUT2D eigenvalue weighted by molar-refractivity contribution is 14.1. The average molecular weight is 407 g/mol. The Kier molecular flexibility index (Phi) is 4.71. The van der Waals surface area contributed by atoms with Gasteiger partial charge in [-0.2, -0.15) is 13.2 Å². The number of halogens is 5. The summed E-state index contributed by atoms with van der Waals surface area (Å²) in [5, 5.41) is 2.20. The monoisotopic (exact) mass is 406 g/mol. The lowest BCUT2D eigenvalue weighted by Crippen LogP contribution is -2.28. The third kappa shape index (κ3) is 3.95. The van der Waals surface area contributed by atoms with Gasteiger partial charge < -0.3 is 5.32 Å². The second kappa shape index (κ2) is 5.43. The topological polar surface area (TPSA) is 42.0 Å². The molecule has 1 heterocycles. The summed E-state index contributed by atoms with van der Waals surface area (Å²) < 4.78 is 37.7. The molecule has 0 aliphatic heterocycles. The first-order chi connectivity index (χ1) is 8.44. The van der Waals surface area contributed by atoms with Gasteiger partial charge in [0.25, 0.3) is 0 Å². The molecule has 19 heavy (non-hydrogen) atoms. The molecule has 0 aromatic carbocycles. The molecule has 0 atom stereocenters. The third-order valence-electron chi connectivity index (χ3n) is 2.18. The number of pyridine rings is 1. The quantitative estimate of drug-likeness (QED) is 0.705. The zero-order valence-electron chi connectivity index (χ0n) is 10.3. The Labute approximate surface area is 127 Å². The summed E-state index contributed by atoms with van der Waals surface area (Å²) >= 11 is 7.29. The fraction of sp³-hybridized carbons (Fsp3) is 0.455. The fourth-order valence-electron chi connectivity index (χ4n) is 1.04. The van der Waals surface area contributed by atoms with Crippen LogP contribution in [0.1, 0.15) is 26.3 Å². The second-order valence-corrected chi connectivity index (χ2v) is 6.31. The van der Waals surface area contributed by atoms with Crippen LogP contribution in [-0.2, 0) is 11.0 Å². The highest BCUT2D eigenvalue weighted by atomic mass is 127. The van der Waals surface area contributed by atoms with Crippen LogP contribution in [0.25, 0.3) is 0 Å². The van der Waals surface area contributed by atoms with Gasteiger partial charge >= 0.3 is 6.18 Å².